The summed E-state index contributed by atoms with van der Waals surface area (Å²) in [5.74, 6) is 0. The Morgan fingerprint density at radius 1 is 0.211 bits per heavy atom. The highest BCUT2D eigenvalue weighted by Gasteiger charge is 2.26. The molecule has 0 aliphatic heterocycles. The van der Waals surface area contributed by atoms with Crippen molar-refractivity contribution in [3.63, 3.8) is 0 Å². The molecule has 18 aromatic rings. The minimum Gasteiger partial charge on any atom is -0.455 e. The Bertz CT molecular complexity index is 5550. The summed E-state index contributed by atoms with van der Waals surface area (Å²) in [6, 6.07) is 111. The first-order chi connectivity index (χ1) is 44.5. The average Bonchev–Trinajstić information content (AvgIpc) is 1.05. The van der Waals surface area contributed by atoms with Crippen molar-refractivity contribution >= 4 is 143 Å². The van der Waals surface area contributed by atoms with Crippen LogP contribution in [0.25, 0.3) is 142 Å². The molecule has 18 rings (SSSR count). The molecular weight excluding hydrogens is 1090 g/mol. The Labute approximate surface area is 519 Å². The van der Waals surface area contributed by atoms with Crippen LogP contribution in [0.5, 0.6) is 0 Å². The van der Waals surface area contributed by atoms with Gasteiger partial charge in [-0.05, 0) is 174 Å². The van der Waals surface area contributed by atoms with Gasteiger partial charge in [-0.2, -0.15) is 0 Å². The van der Waals surface area contributed by atoms with E-state index >= 15 is 0 Å². The highest BCUT2D eigenvalue weighted by Crippen LogP contribution is 2.50. The molecule has 16 aromatic carbocycles. The van der Waals surface area contributed by atoms with Crippen LogP contribution in [0.1, 0.15) is 11.1 Å². The fraction of sp³-hybridized carbons (Fsp3) is 0.0233. The van der Waals surface area contributed by atoms with Gasteiger partial charge in [0.1, 0.15) is 22.3 Å². The highest BCUT2D eigenvalue weighted by atomic mass is 16.3. The zero-order valence-electron chi connectivity index (χ0n) is 49.6. The quantitative estimate of drug-likeness (QED) is 0.135. The van der Waals surface area contributed by atoms with Crippen molar-refractivity contribution in [2.75, 3.05) is 9.80 Å². The lowest BCUT2D eigenvalue weighted by atomic mass is 9.93. The van der Waals surface area contributed by atoms with Crippen LogP contribution in [0.3, 0.4) is 0 Å². The monoisotopic (exact) mass is 1150 g/mol. The Kier molecular flexibility index (Phi) is 11.7. The van der Waals surface area contributed by atoms with Gasteiger partial charge in [0, 0.05) is 66.5 Å². The van der Waals surface area contributed by atoms with E-state index in [0.717, 1.165) is 123 Å². The number of para-hydroxylation sites is 6. The Morgan fingerprint density at radius 2 is 0.511 bits per heavy atom. The van der Waals surface area contributed by atoms with Crippen molar-refractivity contribution in [1.29, 1.82) is 0 Å². The molecule has 0 aliphatic rings. The van der Waals surface area contributed by atoms with E-state index < -0.39 is 0 Å². The van der Waals surface area contributed by atoms with E-state index in [0.29, 0.717) is 0 Å². The van der Waals surface area contributed by atoms with E-state index in [4.69, 9.17) is 8.83 Å². The molecule has 0 saturated heterocycles. The van der Waals surface area contributed by atoms with E-state index in [1.807, 2.05) is 12.1 Å². The van der Waals surface area contributed by atoms with Crippen LogP contribution in [0.2, 0.25) is 0 Å². The fourth-order valence-corrected chi connectivity index (χ4v) is 14.8. The van der Waals surface area contributed by atoms with Crippen molar-refractivity contribution in [2.24, 2.45) is 0 Å². The molecule has 0 aliphatic carbocycles. The van der Waals surface area contributed by atoms with Gasteiger partial charge < -0.3 is 18.6 Å². The molecule has 0 spiro atoms. The van der Waals surface area contributed by atoms with Crippen molar-refractivity contribution in [2.45, 2.75) is 13.8 Å². The van der Waals surface area contributed by atoms with Crippen LogP contribution in [0.15, 0.2) is 312 Å². The molecule has 90 heavy (non-hydrogen) atoms. The third-order valence-corrected chi connectivity index (χ3v) is 18.9. The molecule has 2 aromatic heterocycles. The predicted molar refractivity (Wildman–Crippen MR) is 381 cm³/mol. The third kappa shape index (κ3) is 8.01. The largest absolute Gasteiger partial charge is 0.455 e. The summed E-state index contributed by atoms with van der Waals surface area (Å²) in [5, 5.41) is 19.3. The summed E-state index contributed by atoms with van der Waals surface area (Å²) in [6.07, 6.45) is 0. The van der Waals surface area contributed by atoms with Gasteiger partial charge in [0.05, 0.1) is 11.4 Å². The summed E-state index contributed by atoms with van der Waals surface area (Å²) in [5.41, 5.74) is 18.7. The zero-order chi connectivity index (χ0) is 59.6. The normalized spacial score (nSPS) is 11.9. The van der Waals surface area contributed by atoms with Crippen molar-refractivity contribution < 1.29 is 8.83 Å². The maximum atomic E-state index is 6.78. The molecule has 0 N–H and O–H groups in total. The first kappa shape index (κ1) is 51.5. The lowest BCUT2D eigenvalue weighted by molar-refractivity contribution is 0.669. The summed E-state index contributed by atoms with van der Waals surface area (Å²) in [4.78, 5) is 4.93. The maximum Gasteiger partial charge on any atom is 0.143 e. The predicted octanol–water partition coefficient (Wildman–Crippen LogP) is 25.0. The average molecular weight is 1150 g/mol. The van der Waals surface area contributed by atoms with E-state index in [1.165, 1.54) is 64.6 Å². The molecule has 0 fully saturated rings. The number of anilines is 6. The van der Waals surface area contributed by atoms with Gasteiger partial charge in [-0.25, -0.2) is 0 Å². The van der Waals surface area contributed by atoms with Gasteiger partial charge in [-0.3, -0.25) is 0 Å². The minimum atomic E-state index is 0.876. The Hall–Kier alpha value is -11.7. The van der Waals surface area contributed by atoms with Crippen LogP contribution < -0.4 is 9.80 Å². The fourth-order valence-electron chi connectivity index (χ4n) is 14.8. The molecule has 0 amide bonds. The molecule has 2 heterocycles. The maximum absolute atomic E-state index is 6.78. The van der Waals surface area contributed by atoms with Crippen LogP contribution in [-0.4, -0.2) is 0 Å². The molecule has 4 nitrogen and oxygen atoms in total. The SMILES string of the molecule is Cc1cc(-c2ccc(N(c3ccc4c5ccccc5c5ccccc5c4c3)c3ccccc3-c3cccc4c3oc3ccccc34)c(C)c2)ccc1N(c1ccc2c3ccccc3c3ccccc3c2c1)c1ccccc1-c1cccc2c1oc1ccccc12. The Balaban J connectivity index is 0.806. The topological polar surface area (TPSA) is 32.8 Å². The number of benzene rings is 16. The van der Waals surface area contributed by atoms with E-state index in [-0.39, 0.29) is 0 Å². The third-order valence-electron chi connectivity index (χ3n) is 18.9. The molecule has 0 unspecified atom stereocenters. The van der Waals surface area contributed by atoms with E-state index in [2.05, 4.69) is 315 Å². The van der Waals surface area contributed by atoms with Gasteiger partial charge in [0.25, 0.3) is 0 Å². The van der Waals surface area contributed by atoms with Gasteiger partial charge in [-0.1, -0.05) is 231 Å². The molecule has 0 atom stereocenters. The van der Waals surface area contributed by atoms with Gasteiger partial charge in [0.2, 0.25) is 0 Å². The van der Waals surface area contributed by atoms with Gasteiger partial charge in [-0.15, -0.1) is 0 Å². The van der Waals surface area contributed by atoms with Crippen molar-refractivity contribution in [1.82, 2.24) is 0 Å². The van der Waals surface area contributed by atoms with E-state index in [1.54, 1.807) is 0 Å². The van der Waals surface area contributed by atoms with Crippen LogP contribution in [-0.2, 0) is 0 Å². The lowest BCUT2D eigenvalue weighted by Gasteiger charge is -2.30. The van der Waals surface area contributed by atoms with E-state index in [9.17, 15) is 0 Å². The summed E-state index contributed by atoms with van der Waals surface area (Å²) < 4.78 is 13.6. The van der Waals surface area contributed by atoms with Crippen molar-refractivity contribution in [3.8, 4) is 33.4 Å². The van der Waals surface area contributed by atoms with Crippen LogP contribution >= 0.6 is 0 Å². The number of hydrogen-bond acceptors (Lipinski definition) is 4. The first-order valence-corrected chi connectivity index (χ1v) is 31.0. The molecule has 422 valence electrons. The number of fused-ring (bicyclic) bond motifs is 18. The molecular formula is C86H56N2O2. The second-order valence-electron chi connectivity index (χ2n) is 23.9. The number of furan rings is 2. The summed E-state index contributed by atoms with van der Waals surface area (Å²) >= 11 is 0. The van der Waals surface area contributed by atoms with Gasteiger partial charge in [0.15, 0.2) is 0 Å². The number of hydrogen-bond donors (Lipinski definition) is 0. The number of aryl methyl sites for hydroxylation is 2. The van der Waals surface area contributed by atoms with Crippen molar-refractivity contribution in [3.05, 3.63) is 314 Å². The molecule has 0 bridgehead atoms. The molecule has 0 saturated carbocycles. The molecule has 4 heteroatoms. The number of nitrogens with zero attached hydrogens (tertiary/aromatic N) is 2. The molecule has 0 radical (unpaired) electrons. The zero-order valence-corrected chi connectivity index (χ0v) is 49.6. The Morgan fingerprint density at radius 3 is 0.889 bits per heavy atom. The van der Waals surface area contributed by atoms with Gasteiger partial charge >= 0.3 is 0 Å². The smallest absolute Gasteiger partial charge is 0.143 e. The summed E-state index contributed by atoms with van der Waals surface area (Å²) in [6.45, 7) is 4.51. The minimum absolute atomic E-state index is 0.876. The summed E-state index contributed by atoms with van der Waals surface area (Å²) in [7, 11) is 0. The first-order valence-electron chi connectivity index (χ1n) is 31.0. The number of rotatable bonds is 9. The van der Waals surface area contributed by atoms with Crippen LogP contribution in [0, 0.1) is 13.8 Å². The second-order valence-corrected chi connectivity index (χ2v) is 23.9. The standard InChI is InChI=1S/C86H56N2O2/c1-53-49-55(41-47-79(53)87(57-43-45-67-63-25-5-3-21-59(63)61-23-7-9-27-65(61)77(67)51-57)81-37-15-11-29-69(81)73-33-19-35-75-71-31-13-17-39-83(71)89-85(73)75)56-42-48-80(54(2)50-56)88(58-44-46-68-64-26-6-4-22-60(64)62-24-8-10-28-66(62)78(68)52-58)82-38-16-12-30-70(82)74-34-20-36-76-72-32-14-18-40-84(72)90-86(74)76/h3-52H,1-2H3. The highest BCUT2D eigenvalue weighted by molar-refractivity contribution is 6.27. The second kappa shape index (κ2) is 20.5. The van der Waals surface area contributed by atoms with Crippen LogP contribution in [0.4, 0.5) is 34.1 Å². The lowest BCUT2D eigenvalue weighted by Crippen LogP contribution is -2.13.